The molecule has 2 rings (SSSR count). The van der Waals surface area contributed by atoms with Crippen molar-refractivity contribution in [1.29, 1.82) is 0 Å². The van der Waals surface area contributed by atoms with Crippen molar-refractivity contribution in [2.45, 2.75) is 24.3 Å². The van der Waals surface area contributed by atoms with E-state index in [4.69, 9.17) is 0 Å². The number of sulfonamides is 1. The lowest BCUT2D eigenvalue weighted by Crippen LogP contribution is -2.37. The lowest BCUT2D eigenvalue weighted by molar-refractivity contribution is 0.394. The third-order valence-electron chi connectivity index (χ3n) is 3.42. The molecule has 106 valence electrons. The Morgan fingerprint density at radius 3 is 2.26 bits per heavy atom. The summed E-state index contributed by atoms with van der Waals surface area (Å²) in [5.41, 5.74) is 0.977. The average Bonchev–Trinajstić information content (AvgIpc) is 2.69. The van der Waals surface area contributed by atoms with E-state index in [0.717, 1.165) is 5.56 Å². The minimum atomic E-state index is -3.62. The van der Waals surface area contributed by atoms with E-state index in [1.807, 2.05) is 6.92 Å². The molecule has 7 heteroatoms. The lowest BCUT2D eigenvalue weighted by atomic mass is 10.2. The number of hydrogen-bond acceptors (Lipinski definition) is 4. The van der Waals surface area contributed by atoms with Crippen LogP contribution in [-0.4, -0.2) is 45.7 Å². The summed E-state index contributed by atoms with van der Waals surface area (Å²) < 4.78 is 48.8. The maximum absolute atomic E-state index is 12.4. The number of sulfone groups is 1. The number of nitrogens with zero attached hydrogens (tertiary/aromatic N) is 1. The zero-order chi connectivity index (χ0) is 14.3. The molecule has 0 amide bonds. The molecular weight excluding hydrogens is 286 g/mol. The van der Waals surface area contributed by atoms with Crippen LogP contribution in [0.25, 0.3) is 0 Å². The Labute approximate surface area is 114 Å². The Balaban J connectivity index is 2.27. The SMILES string of the molecule is Cc1ccc(S(=O)(=O)N(C)[C@@H]2CCS(=O)(=O)C2)cc1. The first-order chi connectivity index (χ1) is 8.72. The Morgan fingerprint density at radius 2 is 1.79 bits per heavy atom. The van der Waals surface area contributed by atoms with Crippen LogP contribution < -0.4 is 0 Å². The standard InChI is InChI=1S/C12H17NO4S2/c1-10-3-5-12(6-4-10)19(16,17)13(2)11-7-8-18(14,15)9-11/h3-6,11H,7-9H2,1-2H3/t11-/m1/s1. The van der Waals surface area contributed by atoms with Gasteiger partial charge in [-0.25, -0.2) is 16.8 Å². The monoisotopic (exact) mass is 303 g/mol. The first-order valence-corrected chi connectivity index (χ1v) is 9.24. The van der Waals surface area contributed by atoms with E-state index >= 15 is 0 Å². The molecule has 5 nitrogen and oxygen atoms in total. The van der Waals surface area contributed by atoms with Crippen LogP contribution in [0.2, 0.25) is 0 Å². The molecule has 0 N–H and O–H groups in total. The van der Waals surface area contributed by atoms with Gasteiger partial charge in [-0.15, -0.1) is 0 Å². The summed E-state index contributed by atoms with van der Waals surface area (Å²) in [5, 5.41) is 0. The number of hydrogen-bond donors (Lipinski definition) is 0. The molecule has 1 aliphatic rings. The van der Waals surface area contributed by atoms with Crippen LogP contribution in [0.5, 0.6) is 0 Å². The summed E-state index contributed by atoms with van der Waals surface area (Å²) in [4.78, 5) is 0.199. The van der Waals surface area contributed by atoms with Crippen molar-refractivity contribution < 1.29 is 16.8 Å². The fourth-order valence-corrected chi connectivity index (χ4v) is 5.39. The summed E-state index contributed by atoms with van der Waals surface area (Å²) in [6.07, 6.45) is 0.365. The molecule has 1 fully saturated rings. The highest BCUT2D eigenvalue weighted by Crippen LogP contribution is 2.23. The predicted molar refractivity (Wildman–Crippen MR) is 73.2 cm³/mol. The molecule has 1 heterocycles. The van der Waals surface area contributed by atoms with E-state index in [0.29, 0.717) is 6.42 Å². The maximum Gasteiger partial charge on any atom is 0.243 e. The minimum Gasteiger partial charge on any atom is -0.229 e. The molecular formula is C12H17NO4S2. The molecule has 0 aromatic heterocycles. The van der Waals surface area contributed by atoms with Gasteiger partial charge in [0.1, 0.15) is 0 Å². The van der Waals surface area contributed by atoms with Crippen LogP contribution in [0.15, 0.2) is 29.2 Å². The van der Waals surface area contributed by atoms with Crippen molar-refractivity contribution in [2.24, 2.45) is 0 Å². The van der Waals surface area contributed by atoms with Crippen LogP contribution in [-0.2, 0) is 19.9 Å². The number of rotatable bonds is 3. The second kappa shape index (κ2) is 4.88. The Bertz CT molecular complexity index is 662. The molecule has 1 atom stereocenters. The summed E-state index contributed by atoms with van der Waals surface area (Å²) in [6.45, 7) is 1.88. The van der Waals surface area contributed by atoms with Gasteiger partial charge in [0.2, 0.25) is 10.0 Å². The smallest absolute Gasteiger partial charge is 0.229 e. The largest absolute Gasteiger partial charge is 0.243 e. The van der Waals surface area contributed by atoms with Gasteiger partial charge in [-0.3, -0.25) is 0 Å². The highest BCUT2D eigenvalue weighted by molar-refractivity contribution is 7.92. The van der Waals surface area contributed by atoms with Gasteiger partial charge in [-0.1, -0.05) is 17.7 Å². The fourth-order valence-electron chi connectivity index (χ4n) is 2.13. The highest BCUT2D eigenvalue weighted by atomic mass is 32.2. The second-order valence-corrected chi connectivity index (χ2v) is 9.12. The number of aryl methyl sites for hydroxylation is 1. The van der Waals surface area contributed by atoms with Crippen molar-refractivity contribution in [2.75, 3.05) is 18.6 Å². The van der Waals surface area contributed by atoms with E-state index < -0.39 is 25.9 Å². The molecule has 0 radical (unpaired) electrons. The zero-order valence-electron chi connectivity index (χ0n) is 10.9. The van der Waals surface area contributed by atoms with Crippen molar-refractivity contribution in [1.82, 2.24) is 4.31 Å². The fraction of sp³-hybridized carbons (Fsp3) is 0.500. The summed E-state index contributed by atoms with van der Waals surface area (Å²) in [5.74, 6) is -0.0278. The van der Waals surface area contributed by atoms with Crippen LogP contribution in [0.4, 0.5) is 0 Å². The minimum absolute atomic E-state index is 0.0609. The van der Waals surface area contributed by atoms with Crippen molar-refractivity contribution >= 4 is 19.9 Å². The molecule has 1 aromatic carbocycles. The van der Waals surface area contributed by atoms with Gasteiger partial charge in [0.05, 0.1) is 16.4 Å². The molecule has 19 heavy (non-hydrogen) atoms. The summed E-state index contributed by atoms with van der Waals surface area (Å²) in [6, 6.07) is 6.09. The first kappa shape index (κ1) is 14.5. The maximum atomic E-state index is 12.4. The van der Waals surface area contributed by atoms with Crippen LogP contribution in [0.3, 0.4) is 0 Å². The highest BCUT2D eigenvalue weighted by Gasteiger charge is 2.36. The van der Waals surface area contributed by atoms with Gasteiger partial charge in [-0.2, -0.15) is 4.31 Å². The molecule has 1 aliphatic heterocycles. The summed E-state index contributed by atoms with van der Waals surface area (Å²) in [7, 11) is -5.27. The van der Waals surface area contributed by atoms with E-state index in [9.17, 15) is 16.8 Å². The molecule has 0 spiro atoms. The quantitative estimate of drug-likeness (QED) is 0.828. The third-order valence-corrected chi connectivity index (χ3v) is 7.10. The van der Waals surface area contributed by atoms with Gasteiger partial charge in [0.15, 0.2) is 9.84 Å². The van der Waals surface area contributed by atoms with Gasteiger partial charge in [-0.05, 0) is 25.5 Å². The van der Waals surface area contributed by atoms with Crippen molar-refractivity contribution in [3.63, 3.8) is 0 Å². The topological polar surface area (TPSA) is 71.5 Å². The van der Waals surface area contributed by atoms with Gasteiger partial charge in [0, 0.05) is 13.1 Å². The average molecular weight is 303 g/mol. The molecule has 0 unspecified atom stereocenters. The third kappa shape index (κ3) is 2.98. The molecule has 0 bridgehead atoms. The van der Waals surface area contributed by atoms with E-state index in [1.54, 1.807) is 24.3 Å². The van der Waals surface area contributed by atoms with Crippen molar-refractivity contribution in [3.8, 4) is 0 Å². The van der Waals surface area contributed by atoms with Crippen LogP contribution >= 0.6 is 0 Å². The van der Waals surface area contributed by atoms with Crippen molar-refractivity contribution in [3.05, 3.63) is 29.8 Å². The van der Waals surface area contributed by atoms with E-state index in [2.05, 4.69) is 0 Å². The zero-order valence-corrected chi connectivity index (χ0v) is 12.5. The predicted octanol–water partition coefficient (Wildman–Crippen LogP) is 0.803. The van der Waals surface area contributed by atoms with Crippen LogP contribution in [0, 0.1) is 6.92 Å². The van der Waals surface area contributed by atoms with E-state index in [-0.39, 0.29) is 16.4 Å². The molecule has 0 aliphatic carbocycles. The Kier molecular flexibility index (Phi) is 3.72. The Morgan fingerprint density at radius 1 is 1.21 bits per heavy atom. The van der Waals surface area contributed by atoms with Gasteiger partial charge in [0.25, 0.3) is 0 Å². The van der Waals surface area contributed by atoms with Gasteiger partial charge >= 0.3 is 0 Å². The molecule has 1 aromatic rings. The summed E-state index contributed by atoms with van der Waals surface area (Å²) >= 11 is 0. The first-order valence-electron chi connectivity index (χ1n) is 5.97. The second-order valence-electron chi connectivity index (χ2n) is 4.89. The number of benzene rings is 1. The van der Waals surface area contributed by atoms with Crippen LogP contribution in [0.1, 0.15) is 12.0 Å². The molecule has 0 saturated carbocycles. The molecule has 1 saturated heterocycles. The Hall–Kier alpha value is -0.920. The normalized spacial score (nSPS) is 22.8. The van der Waals surface area contributed by atoms with E-state index in [1.165, 1.54) is 11.4 Å². The lowest BCUT2D eigenvalue weighted by Gasteiger charge is -2.22. The van der Waals surface area contributed by atoms with Gasteiger partial charge < -0.3 is 0 Å².